The number of benzene rings is 2. The summed E-state index contributed by atoms with van der Waals surface area (Å²) >= 11 is 6.33. The minimum absolute atomic E-state index is 0.0913. The van der Waals surface area contributed by atoms with Gasteiger partial charge in [0.05, 0.1) is 10.9 Å². The van der Waals surface area contributed by atoms with E-state index >= 15 is 0 Å². The first-order valence-corrected chi connectivity index (χ1v) is 13.6. The molecule has 0 radical (unpaired) electrons. The molecule has 1 unspecified atom stereocenters. The van der Waals surface area contributed by atoms with Gasteiger partial charge in [-0.3, -0.25) is 9.59 Å². The minimum atomic E-state index is -0.285. The molecule has 1 saturated carbocycles. The smallest absolute Gasteiger partial charge is 0.239 e. The Morgan fingerprint density at radius 3 is 2.42 bits per heavy atom. The zero-order valence-electron chi connectivity index (χ0n) is 18.3. The van der Waals surface area contributed by atoms with Crippen molar-refractivity contribution < 1.29 is 9.59 Å². The summed E-state index contributed by atoms with van der Waals surface area (Å²) in [7, 11) is 0. The highest BCUT2D eigenvalue weighted by Crippen LogP contribution is 2.29. The van der Waals surface area contributed by atoms with E-state index in [0.717, 1.165) is 52.0 Å². The second kappa shape index (κ2) is 11.3. The highest BCUT2D eigenvalue weighted by molar-refractivity contribution is 9.10. The molecule has 1 aliphatic carbocycles. The van der Waals surface area contributed by atoms with Crippen molar-refractivity contribution in [2.45, 2.75) is 49.2 Å². The van der Waals surface area contributed by atoms with E-state index in [1.165, 1.54) is 29.5 Å². The van der Waals surface area contributed by atoms with Gasteiger partial charge < -0.3 is 10.6 Å². The maximum Gasteiger partial charge on any atom is 0.239 e. The fourth-order valence-electron chi connectivity index (χ4n) is 3.77. The first-order valence-electron chi connectivity index (χ1n) is 11.1. The molecular weight excluding hydrogens is 518 g/mol. The second-order valence-corrected chi connectivity index (χ2v) is 11.3. The summed E-state index contributed by atoms with van der Waals surface area (Å²) in [5.41, 5.74) is 2.65. The lowest BCUT2D eigenvalue weighted by molar-refractivity contribution is -0.120. The molecule has 8 heteroatoms. The number of anilines is 2. The molecule has 1 atom stereocenters. The van der Waals surface area contributed by atoms with Crippen LogP contribution in [0.5, 0.6) is 0 Å². The number of hydrogen-bond donors (Lipinski definition) is 2. The number of hydrogen-bond acceptors (Lipinski definition) is 5. The van der Waals surface area contributed by atoms with Gasteiger partial charge in [0.1, 0.15) is 0 Å². The highest BCUT2D eigenvalue weighted by atomic mass is 79.9. The number of halogens is 1. The summed E-state index contributed by atoms with van der Waals surface area (Å²) in [6, 6.07) is 15.6. The van der Waals surface area contributed by atoms with Crippen LogP contribution in [0.3, 0.4) is 0 Å². The van der Waals surface area contributed by atoms with E-state index in [-0.39, 0.29) is 23.0 Å². The summed E-state index contributed by atoms with van der Waals surface area (Å²) in [4.78, 5) is 30.6. The molecule has 4 rings (SSSR count). The largest absolute Gasteiger partial charge is 0.326 e. The van der Waals surface area contributed by atoms with E-state index in [1.54, 1.807) is 0 Å². The number of nitrogens with zero attached hydrogens (tertiary/aromatic N) is 1. The van der Waals surface area contributed by atoms with Crippen LogP contribution in [0.1, 0.15) is 39.0 Å². The lowest BCUT2D eigenvalue weighted by Gasteiger charge is -2.20. The van der Waals surface area contributed by atoms with E-state index in [1.807, 2.05) is 60.8 Å². The number of thiazole rings is 1. The van der Waals surface area contributed by atoms with Crippen molar-refractivity contribution in [3.05, 3.63) is 58.4 Å². The third kappa shape index (κ3) is 6.68. The molecule has 1 fully saturated rings. The quantitative estimate of drug-likeness (QED) is 0.309. The number of carbonyl (C=O) groups excluding carboxylic acids is 2. The van der Waals surface area contributed by atoms with E-state index < -0.39 is 0 Å². The summed E-state index contributed by atoms with van der Waals surface area (Å²) in [6.07, 6.45) is 5.48. The average molecular weight is 545 g/mol. The van der Waals surface area contributed by atoms with Crippen LogP contribution < -0.4 is 10.6 Å². The molecule has 33 heavy (non-hydrogen) atoms. The Balaban J connectivity index is 1.29. The molecular formula is C25H26BrN3O2S2. The maximum absolute atomic E-state index is 12.7. The first kappa shape index (κ1) is 24.0. The van der Waals surface area contributed by atoms with E-state index in [4.69, 9.17) is 0 Å². The first-order chi connectivity index (χ1) is 16.0. The van der Waals surface area contributed by atoms with Crippen molar-refractivity contribution in [2.24, 2.45) is 5.92 Å². The normalized spacial score (nSPS) is 15.1. The number of aromatic nitrogens is 1. The van der Waals surface area contributed by atoms with Crippen molar-refractivity contribution >= 4 is 61.7 Å². The van der Waals surface area contributed by atoms with E-state index in [2.05, 4.69) is 31.5 Å². The lowest BCUT2D eigenvalue weighted by Crippen LogP contribution is -2.24. The van der Waals surface area contributed by atoms with Gasteiger partial charge >= 0.3 is 0 Å². The molecule has 172 valence electrons. The van der Waals surface area contributed by atoms with Crippen molar-refractivity contribution in [2.75, 3.05) is 10.6 Å². The van der Waals surface area contributed by atoms with Crippen LogP contribution in [0.15, 0.2) is 63.3 Å². The molecule has 1 aromatic heterocycles. The van der Waals surface area contributed by atoms with Gasteiger partial charge in [0, 0.05) is 31.9 Å². The van der Waals surface area contributed by atoms with Gasteiger partial charge in [0.25, 0.3) is 0 Å². The average Bonchev–Trinajstić information content (AvgIpc) is 3.29. The van der Waals surface area contributed by atoms with Gasteiger partial charge in [-0.1, -0.05) is 47.3 Å². The van der Waals surface area contributed by atoms with Crippen molar-refractivity contribution in [3.8, 4) is 11.3 Å². The number of rotatable bonds is 7. The van der Waals surface area contributed by atoms with Crippen molar-refractivity contribution in [3.63, 3.8) is 0 Å². The minimum Gasteiger partial charge on any atom is -0.326 e. The summed E-state index contributed by atoms with van der Waals surface area (Å²) in [5, 5.41) is 8.19. The lowest BCUT2D eigenvalue weighted by atomic mass is 9.88. The number of carbonyl (C=O) groups is 2. The Labute approximate surface area is 210 Å². The number of nitrogens with one attached hydrogen (secondary N) is 2. The molecule has 5 nitrogen and oxygen atoms in total. The maximum atomic E-state index is 12.7. The molecule has 1 heterocycles. The molecule has 2 amide bonds. The molecule has 0 spiro atoms. The predicted octanol–water partition coefficient (Wildman–Crippen LogP) is 7.21. The van der Waals surface area contributed by atoms with Gasteiger partial charge in [0.2, 0.25) is 11.8 Å². The highest BCUT2D eigenvalue weighted by Gasteiger charge is 2.21. The Bertz CT molecular complexity index is 1090. The van der Waals surface area contributed by atoms with Crippen LogP contribution in [-0.2, 0) is 9.59 Å². The number of thioether (sulfide) groups is 1. The van der Waals surface area contributed by atoms with Crippen LogP contribution in [0, 0.1) is 5.92 Å². The zero-order chi connectivity index (χ0) is 23.2. The van der Waals surface area contributed by atoms with Crippen LogP contribution in [0.4, 0.5) is 10.8 Å². The van der Waals surface area contributed by atoms with Crippen molar-refractivity contribution in [1.82, 2.24) is 4.98 Å². The molecule has 0 bridgehead atoms. The fourth-order valence-corrected chi connectivity index (χ4v) is 5.63. The van der Waals surface area contributed by atoms with E-state index in [9.17, 15) is 9.59 Å². The third-order valence-electron chi connectivity index (χ3n) is 5.65. The summed E-state index contributed by atoms with van der Waals surface area (Å²) < 4.78 is 1.01. The Morgan fingerprint density at radius 1 is 1.03 bits per heavy atom. The van der Waals surface area contributed by atoms with E-state index in [0.29, 0.717) is 5.13 Å². The van der Waals surface area contributed by atoms with Gasteiger partial charge in [-0.2, -0.15) is 0 Å². The monoisotopic (exact) mass is 543 g/mol. The topological polar surface area (TPSA) is 71.1 Å². The van der Waals surface area contributed by atoms with Crippen LogP contribution in [-0.4, -0.2) is 22.0 Å². The Morgan fingerprint density at radius 2 is 1.73 bits per heavy atom. The van der Waals surface area contributed by atoms with Crippen molar-refractivity contribution in [1.29, 1.82) is 0 Å². The van der Waals surface area contributed by atoms with Crippen LogP contribution >= 0.6 is 39.0 Å². The second-order valence-electron chi connectivity index (χ2n) is 8.14. The molecule has 2 N–H and O–H groups in total. The summed E-state index contributed by atoms with van der Waals surface area (Å²) in [5.74, 6) is 0.159. The van der Waals surface area contributed by atoms with Gasteiger partial charge in [0.15, 0.2) is 5.13 Å². The van der Waals surface area contributed by atoms with Crippen LogP contribution in [0.25, 0.3) is 11.3 Å². The fraction of sp³-hybridized carbons (Fsp3) is 0.320. The molecule has 3 aromatic rings. The van der Waals surface area contributed by atoms with Crippen LogP contribution in [0.2, 0.25) is 0 Å². The predicted molar refractivity (Wildman–Crippen MR) is 141 cm³/mol. The Kier molecular flexibility index (Phi) is 8.22. The third-order valence-corrected chi connectivity index (χ3v) is 8.05. The molecule has 2 aromatic carbocycles. The molecule has 0 saturated heterocycles. The Hall–Kier alpha value is -2.16. The standard InChI is InChI=1S/C25H26BrN3O2S2/c1-16(23(30)29-25-28-22(15-32-25)17-7-9-19(26)10-8-17)33-21-13-11-20(12-14-21)27-24(31)18-5-3-2-4-6-18/h7-16,18H,2-6H2,1H3,(H,27,31)(H,28,29,30). The molecule has 0 aliphatic heterocycles. The number of amides is 2. The molecule has 1 aliphatic rings. The van der Waals surface area contributed by atoms with Gasteiger partial charge in [-0.05, 0) is 56.2 Å². The summed E-state index contributed by atoms with van der Waals surface area (Å²) in [6.45, 7) is 1.88. The zero-order valence-corrected chi connectivity index (χ0v) is 21.6. The van der Waals surface area contributed by atoms with Gasteiger partial charge in [-0.25, -0.2) is 4.98 Å². The SMILES string of the molecule is CC(Sc1ccc(NC(=O)C2CCCCC2)cc1)C(=O)Nc1nc(-c2ccc(Br)cc2)cs1. The van der Waals surface area contributed by atoms with Gasteiger partial charge in [-0.15, -0.1) is 23.1 Å².